The minimum Gasteiger partial charge on any atom is -0.507 e. The summed E-state index contributed by atoms with van der Waals surface area (Å²) < 4.78 is 0. The van der Waals surface area contributed by atoms with Gasteiger partial charge in [0.05, 0.1) is 0 Å². The van der Waals surface area contributed by atoms with Crippen LogP contribution in [0, 0.1) is 5.92 Å². The molecule has 0 radical (unpaired) electrons. The van der Waals surface area contributed by atoms with Crippen LogP contribution in [-0.4, -0.2) is 36.2 Å². The van der Waals surface area contributed by atoms with Gasteiger partial charge in [-0.2, -0.15) is 0 Å². The van der Waals surface area contributed by atoms with Gasteiger partial charge in [0.25, 0.3) is 0 Å². The molecule has 1 unspecified atom stereocenters. The van der Waals surface area contributed by atoms with Crippen LogP contribution in [0.5, 0.6) is 5.75 Å². The molecule has 0 saturated carbocycles. The Hall–Kier alpha value is -0.480. The van der Waals surface area contributed by atoms with Crippen molar-refractivity contribution in [2.24, 2.45) is 5.92 Å². The second-order valence-electron chi connectivity index (χ2n) is 10.1. The lowest BCUT2D eigenvalue weighted by Gasteiger charge is -2.40. The molecule has 2 N–H and O–H groups in total. The summed E-state index contributed by atoms with van der Waals surface area (Å²) >= 11 is 0. The second kappa shape index (κ2) is 10.5. The van der Waals surface area contributed by atoms with Crippen LogP contribution in [0.3, 0.4) is 0 Å². The zero-order valence-corrected chi connectivity index (χ0v) is 20.7. The SMILES string of the molecule is CCC(C)[C@@H](c1cc(C(C)(C)C)cc(C(C)(C)C)c1O)N1CCNCC1.Cl.Cl. The number of phenolic OH excluding ortho intramolecular Hbond substituents is 1. The van der Waals surface area contributed by atoms with Crippen molar-refractivity contribution in [2.45, 2.75) is 78.7 Å². The van der Waals surface area contributed by atoms with Crippen molar-refractivity contribution < 1.29 is 5.11 Å². The van der Waals surface area contributed by atoms with Crippen molar-refractivity contribution >= 4 is 24.8 Å². The van der Waals surface area contributed by atoms with Gasteiger partial charge in [0.15, 0.2) is 0 Å². The Bertz CT molecular complexity index is 614. The fourth-order valence-corrected chi connectivity index (χ4v) is 3.93. The molecule has 0 aliphatic carbocycles. The van der Waals surface area contributed by atoms with E-state index in [4.69, 9.17) is 0 Å². The molecule has 1 aliphatic rings. The van der Waals surface area contributed by atoms with E-state index in [9.17, 15) is 5.11 Å². The standard InChI is InChI=1S/C23H40N2O.2ClH/c1-9-16(2)20(25-12-10-24-11-13-25)18-14-17(22(3,4)5)15-19(21(18)26)23(6,7)8;;/h14-16,20,24,26H,9-13H2,1-8H3;2*1H/t16?,20-;;/m0../s1. The van der Waals surface area contributed by atoms with E-state index in [0.29, 0.717) is 11.7 Å². The smallest absolute Gasteiger partial charge is 0.124 e. The Morgan fingerprint density at radius 2 is 1.54 bits per heavy atom. The summed E-state index contributed by atoms with van der Waals surface area (Å²) in [5.41, 5.74) is 3.50. The third-order valence-electron chi connectivity index (χ3n) is 5.86. The molecule has 1 aromatic carbocycles. The van der Waals surface area contributed by atoms with Gasteiger partial charge in [0.2, 0.25) is 0 Å². The molecule has 1 heterocycles. The van der Waals surface area contributed by atoms with Crippen LogP contribution in [0.1, 0.15) is 84.5 Å². The Morgan fingerprint density at radius 3 is 1.96 bits per heavy atom. The minimum absolute atomic E-state index is 0. The van der Waals surface area contributed by atoms with Crippen LogP contribution in [0.4, 0.5) is 0 Å². The van der Waals surface area contributed by atoms with Gasteiger partial charge in [-0.1, -0.05) is 67.9 Å². The fourth-order valence-electron chi connectivity index (χ4n) is 3.93. The van der Waals surface area contributed by atoms with E-state index in [-0.39, 0.29) is 41.7 Å². The Kier molecular flexibility index (Phi) is 10.3. The summed E-state index contributed by atoms with van der Waals surface area (Å²) in [4.78, 5) is 2.57. The summed E-state index contributed by atoms with van der Waals surface area (Å²) in [6.07, 6.45) is 1.11. The Labute approximate surface area is 185 Å². The quantitative estimate of drug-likeness (QED) is 0.628. The van der Waals surface area contributed by atoms with Gasteiger partial charge in [0, 0.05) is 37.8 Å². The first-order valence-electron chi connectivity index (χ1n) is 10.3. The number of nitrogens with zero attached hydrogens (tertiary/aromatic N) is 1. The summed E-state index contributed by atoms with van der Waals surface area (Å²) in [5.74, 6) is 1.01. The van der Waals surface area contributed by atoms with Gasteiger partial charge in [-0.3, -0.25) is 4.90 Å². The average Bonchev–Trinajstić information content (AvgIpc) is 2.55. The zero-order chi connectivity index (χ0) is 19.7. The largest absolute Gasteiger partial charge is 0.507 e. The minimum atomic E-state index is -0.0798. The molecule has 164 valence electrons. The highest BCUT2D eigenvalue weighted by atomic mass is 35.5. The lowest BCUT2D eigenvalue weighted by molar-refractivity contribution is 0.126. The number of hydrogen-bond acceptors (Lipinski definition) is 3. The lowest BCUT2D eigenvalue weighted by Crippen LogP contribution is -2.46. The molecule has 2 rings (SSSR count). The van der Waals surface area contributed by atoms with Crippen molar-refractivity contribution in [3.63, 3.8) is 0 Å². The van der Waals surface area contributed by atoms with Crippen molar-refractivity contribution in [3.05, 3.63) is 28.8 Å². The number of piperazine rings is 1. The van der Waals surface area contributed by atoms with Crippen LogP contribution in [0.2, 0.25) is 0 Å². The number of rotatable bonds is 4. The number of aromatic hydroxyl groups is 1. The average molecular weight is 434 g/mol. The van der Waals surface area contributed by atoms with Crippen LogP contribution in [0.25, 0.3) is 0 Å². The van der Waals surface area contributed by atoms with E-state index in [1.165, 1.54) is 5.56 Å². The Balaban J connectivity index is 0.00000364. The number of halogens is 2. The van der Waals surface area contributed by atoms with Crippen molar-refractivity contribution in [3.8, 4) is 5.75 Å². The van der Waals surface area contributed by atoms with E-state index in [1.807, 2.05) is 0 Å². The highest BCUT2D eigenvalue weighted by molar-refractivity contribution is 5.85. The molecule has 1 saturated heterocycles. The first-order valence-corrected chi connectivity index (χ1v) is 10.3. The molecular weight excluding hydrogens is 391 g/mol. The van der Waals surface area contributed by atoms with Gasteiger partial charge in [-0.05, 0) is 33.9 Å². The van der Waals surface area contributed by atoms with Gasteiger partial charge < -0.3 is 10.4 Å². The first-order chi connectivity index (χ1) is 12.0. The molecule has 0 bridgehead atoms. The number of benzene rings is 1. The van der Waals surface area contributed by atoms with E-state index in [0.717, 1.165) is 43.7 Å². The summed E-state index contributed by atoms with van der Waals surface area (Å²) in [5, 5.41) is 14.8. The molecule has 1 aliphatic heterocycles. The van der Waals surface area contributed by atoms with Crippen molar-refractivity contribution in [2.75, 3.05) is 26.2 Å². The number of nitrogens with one attached hydrogen (secondary N) is 1. The fraction of sp³-hybridized carbons (Fsp3) is 0.739. The molecule has 1 aromatic rings. The van der Waals surface area contributed by atoms with E-state index < -0.39 is 0 Å². The van der Waals surface area contributed by atoms with E-state index in [1.54, 1.807) is 0 Å². The second-order valence-corrected chi connectivity index (χ2v) is 10.1. The molecule has 0 amide bonds. The predicted octanol–water partition coefficient (Wildman–Crippen LogP) is 5.82. The molecule has 28 heavy (non-hydrogen) atoms. The predicted molar refractivity (Wildman–Crippen MR) is 127 cm³/mol. The van der Waals surface area contributed by atoms with Crippen LogP contribution < -0.4 is 5.32 Å². The maximum absolute atomic E-state index is 11.3. The molecule has 1 fully saturated rings. The van der Waals surface area contributed by atoms with Crippen molar-refractivity contribution in [1.29, 1.82) is 0 Å². The molecular formula is C23H42Cl2N2O. The van der Waals surface area contributed by atoms with Crippen LogP contribution in [-0.2, 0) is 10.8 Å². The molecule has 0 spiro atoms. The van der Waals surface area contributed by atoms with Crippen LogP contribution in [0.15, 0.2) is 12.1 Å². The number of phenols is 1. The third-order valence-corrected chi connectivity index (χ3v) is 5.86. The Morgan fingerprint density at radius 1 is 1.00 bits per heavy atom. The van der Waals surface area contributed by atoms with Gasteiger partial charge in [-0.15, -0.1) is 24.8 Å². The summed E-state index contributed by atoms with van der Waals surface area (Å²) in [7, 11) is 0. The molecule has 2 atom stereocenters. The van der Waals surface area contributed by atoms with E-state index >= 15 is 0 Å². The maximum atomic E-state index is 11.3. The van der Waals surface area contributed by atoms with Gasteiger partial charge >= 0.3 is 0 Å². The molecule has 3 nitrogen and oxygen atoms in total. The third kappa shape index (κ3) is 6.26. The maximum Gasteiger partial charge on any atom is 0.124 e. The first kappa shape index (κ1) is 27.5. The summed E-state index contributed by atoms with van der Waals surface area (Å²) in [6.45, 7) is 22.1. The zero-order valence-electron chi connectivity index (χ0n) is 19.1. The van der Waals surface area contributed by atoms with Gasteiger partial charge in [-0.25, -0.2) is 0 Å². The topological polar surface area (TPSA) is 35.5 Å². The van der Waals surface area contributed by atoms with Crippen LogP contribution >= 0.6 is 24.8 Å². The van der Waals surface area contributed by atoms with Crippen molar-refractivity contribution in [1.82, 2.24) is 10.2 Å². The number of hydrogen-bond donors (Lipinski definition) is 2. The summed E-state index contributed by atoms with van der Waals surface area (Å²) in [6, 6.07) is 4.78. The molecule has 0 aromatic heterocycles. The van der Waals surface area contributed by atoms with Gasteiger partial charge in [0.1, 0.15) is 5.75 Å². The monoisotopic (exact) mass is 432 g/mol. The van der Waals surface area contributed by atoms with E-state index in [2.05, 4.69) is 77.7 Å². The molecule has 5 heteroatoms. The highest BCUT2D eigenvalue weighted by Gasteiger charge is 2.33. The highest BCUT2D eigenvalue weighted by Crippen LogP contribution is 2.43. The normalized spacial score (nSPS) is 18.0. The lowest BCUT2D eigenvalue weighted by atomic mass is 9.76.